The molecule has 2 nitrogen and oxygen atoms in total. The summed E-state index contributed by atoms with van der Waals surface area (Å²) in [5, 5.41) is 2.26. The summed E-state index contributed by atoms with van der Waals surface area (Å²) in [7, 11) is 0. The topological polar surface area (TPSA) is 39.2 Å². The smallest absolute Gasteiger partial charge is 0.134 e. The molecular formula is C17H15Cl2NO. The van der Waals surface area contributed by atoms with E-state index in [1.807, 2.05) is 37.3 Å². The van der Waals surface area contributed by atoms with Gasteiger partial charge in [-0.05, 0) is 29.8 Å². The highest BCUT2D eigenvalue weighted by atomic mass is 35.5. The van der Waals surface area contributed by atoms with Gasteiger partial charge in [-0.1, -0.05) is 48.3 Å². The number of rotatable bonds is 3. The summed E-state index contributed by atoms with van der Waals surface area (Å²) in [6.07, 6.45) is 0.774. The first-order valence-electron chi connectivity index (χ1n) is 6.82. The van der Waals surface area contributed by atoms with Crippen LogP contribution in [0.2, 0.25) is 10.0 Å². The van der Waals surface area contributed by atoms with Crippen LogP contribution in [0.3, 0.4) is 0 Å². The van der Waals surface area contributed by atoms with Gasteiger partial charge in [0.25, 0.3) is 0 Å². The number of hydrogen-bond donors (Lipinski definition) is 1. The first-order valence-corrected chi connectivity index (χ1v) is 7.58. The molecule has 2 N–H and O–H groups in total. The van der Waals surface area contributed by atoms with Gasteiger partial charge in [-0.3, -0.25) is 0 Å². The van der Waals surface area contributed by atoms with Gasteiger partial charge >= 0.3 is 0 Å². The minimum atomic E-state index is -0.366. The lowest BCUT2D eigenvalue weighted by Crippen LogP contribution is -2.13. The summed E-state index contributed by atoms with van der Waals surface area (Å²) in [5.74, 6) is 0.889. The Morgan fingerprint density at radius 1 is 1.14 bits per heavy atom. The highest BCUT2D eigenvalue weighted by molar-refractivity contribution is 6.33. The van der Waals surface area contributed by atoms with Crippen molar-refractivity contribution in [3.05, 3.63) is 69.4 Å². The Balaban J connectivity index is 2.21. The van der Waals surface area contributed by atoms with E-state index in [1.165, 1.54) is 0 Å². The largest absolute Gasteiger partial charge is 0.461 e. The lowest BCUT2D eigenvalue weighted by Gasteiger charge is -2.15. The van der Waals surface area contributed by atoms with E-state index in [9.17, 15) is 0 Å². The zero-order valence-corrected chi connectivity index (χ0v) is 13.1. The molecule has 4 heteroatoms. The lowest BCUT2D eigenvalue weighted by atomic mass is 9.96. The maximum absolute atomic E-state index is 6.47. The summed E-state index contributed by atoms with van der Waals surface area (Å²) in [4.78, 5) is 0. The van der Waals surface area contributed by atoms with E-state index in [2.05, 4.69) is 0 Å². The van der Waals surface area contributed by atoms with E-state index >= 15 is 0 Å². The summed E-state index contributed by atoms with van der Waals surface area (Å²) in [6, 6.07) is 12.9. The van der Waals surface area contributed by atoms with Crippen molar-refractivity contribution >= 4 is 34.2 Å². The molecule has 0 aliphatic carbocycles. The van der Waals surface area contributed by atoms with Crippen LogP contribution in [0, 0.1) is 0 Å². The number of para-hydroxylation sites is 1. The number of aryl methyl sites for hydroxylation is 1. The average molecular weight is 320 g/mol. The lowest BCUT2D eigenvalue weighted by molar-refractivity contribution is 0.546. The van der Waals surface area contributed by atoms with Crippen molar-refractivity contribution in [2.45, 2.75) is 19.4 Å². The van der Waals surface area contributed by atoms with Crippen LogP contribution in [0.5, 0.6) is 0 Å². The van der Waals surface area contributed by atoms with Gasteiger partial charge in [0, 0.05) is 27.4 Å². The molecule has 108 valence electrons. The third-order valence-corrected chi connectivity index (χ3v) is 4.22. The molecule has 2 aromatic carbocycles. The molecule has 1 heterocycles. The van der Waals surface area contributed by atoms with Crippen molar-refractivity contribution < 1.29 is 4.42 Å². The SMILES string of the molecule is CCc1oc2ccccc2c1C(N)c1cc(Cl)ccc1Cl. The Hall–Kier alpha value is -1.48. The van der Waals surface area contributed by atoms with Gasteiger partial charge < -0.3 is 10.2 Å². The van der Waals surface area contributed by atoms with Crippen molar-refractivity contribution in [3.8, 4) is 0 Å². The van der Waals surface area contributed by atoms with Crippen LogP contribution >= 0.6 is 23.2 Å². The second kappa shape index (κ2) is 5.72. The molecule has 0 radical (unpaired) electrons. The van der Waals surface area contributed by atoms with E-state index in [0.717, 1.165) is 34.3 Å². The molecular weight excluding hydrogens is 305 g/mol. The van der Waals surface area contributed by atoms with Gasteiger partial charge in [0.05, 0.1) is 6.04 Å². The molecule has 21 heavy (non-hydrogen) atoms. The maximum Gasteiger partial charge on any atom is 0.134 e. The molecule has 1 aromatic heterocycles. The molecule has 0 fully saturated rings. The molecule has 0 spiro atoms. The molecule has 0 bridgehead atoms. The molecule has 3 rings (SSSR count). The molecule has 0 saturated carbocycles. The van der Waals surface area contributed by atoms with E-state index < -0.39 is 0 Å². The minimum absolute atomic E-state index is 0.366. The van der Waals surface area contributed by atoms with Crippen LogP contribution in [-0.4, -0.2) is 0 Å². The van der Waals surface area contributed by atoms with E-state index in [4.69, 9.17) is 33.4 Å². The summed E-state index contributed by atoms with van der Waals surface area (Å²) in [6.45, 7) is 2.05. The van der Waals surface area contributed by atoms with Crippen molar-refractivity contribution in [1.82, 2.24) is 0 Å². The van der Waals surface area contributed by atoms with Gasteiger partial charge in [-0.2, -0.15) is 0 Å². The van der Waals surface area contributed by atoms with Gasteiger partial charge in [0.2, 0.25) is 0 Å². The third-order valence-electron chi connectivity index (χ3n) is 3.64. The fraction of sp³-hybridized carbons (Fsp3) is 0.176. The van der Waals surface area contributed by atoms with Gasteiger partial charge in [-0.25, -0.2) is 0 Å². The summed E-state index contributed by atoms with van der Waals surface area (Å²) < 4.78 is 5.90. The van der Waals surface area contributed by atoms with E-state index in [-0.39, 0.29) is 6.04 Å². The molecule has 1 atom stereocenters. The van der Waals surface area contributed by atoms with Gasteiger partial charge in [0.15, 0.2) is 0 Å². The first-order chi connectivity index (χ1) is 10.1. The van der Waals surface area contributed by atoms with Gasteiger partial charge in [0.1, 0.15) is 11.3 Å². The fourth-order valence-electron chi connectivity index (χ4n) is 2.63. The molecule has 1 unspecified atom stereocenters. The van der Waals surface area contributed by atoms with E-state index in [1.54, 1.807) is 12.1 Å². The molecule has 0 amide bonds. The standard InChI is InChI=1S/C17H15Cl2NO/c1-2-14-16(11-5-3-4-6-15(11)21-14)17(20)12-9-10(18)7-8-13(12)19/h3-9,17H,2,20H2,1H3. The number of nitrogens with two attached hydrogens (primary N) is 1. The Kier molecular flexibility index (Phi) is 3.94. The third kappa shape index (κ3) is 2.55. The quantitative estimate of drug-likeness (QED) is 0.706. The molecule has 0 saturated heterocycles. The zero-order valence-electron chi connectivity index (χ0n) is 11.6. The van der Waals surface area contributed by atoms with Crippen molar-refractivity contribution in [1.29, 1.82) is 0 Å². The maximum atomic E-state index is 6.47. The molecule has 0 aliphatic rings. The van der Waals surface area contributed by atoms with Crippen LogP contribution in [0.4, 0.5) is 0 Å². The van der Waals surface area contributed by atoms with Crippen molar-refractivity contribution in [3.63, 3.8) is 0 Å². The second-order valence-electron chi connectivity index (χ2n) is 4.93. The Morgan fingerprint density at radius 3 is 2.67 bits per heavy atom. The normalized spacial score (nSPS) is 12.8. The minimum Gasteiger partial charge on any atom is -0.461 e. The summed E-state index contributed by atoms with van der Waals surface area (Å²) in [5.41, 5.74) is 9.11. The van der Waals surface area contributed by atoms with Crippen LogP contribution in [0.1, 0.15) is 29.9 Å². The molecule has 3 aromatic rings. The number of halogens is 2. The monoisotopic (exact) mass is 319 g/mol. The Bertz CT molecular complexity index is 795. The first kappa shape index (κ1) is 14.5. The Morgan fingerprint density at radius 2 is 1.90 bits per heavy atom. The predicted molar refractivity (Wildman–Crippen MR) is 88.1 cm³/mol. The number of hydrogen-bond acceptors (Lipinski definition) is 2. The van der Waals surface area contributed by atoms with Crippen LogP contribution < -0.4 is 5.73 Å². The fourth-order valence-corrected chi connectivity index (χ4v) is 3.04. The average Bonchev–Trinajstić information content (AvgIpc) is 2.87. The number of furan rings is 1. The van der Waals surface area contributed by atoms with Crippen LogP contribution in [0.25, 0.3) is 11.0 Å². The zero-order chi connectivity index (χ0) is 15.0. The summed E-state index contributed by atoms with van der Waals surface area (Å²) >= 11 is 12.4. The Labute approximate surface area is 133 Å². The number of benzene rings is 2. The predicted octanol–water partition coefficient (Wildman–Crippen LogP) is 5.35. The van der Waals surface area contributed by atoms with Crippen LogP contribution in [-0.2, 0) is 6.42 Å². The van der Waals surface area contributed by atoms with E-state index in [0.29, 0.717) is 10.0 Å². The second-order valence-corrected chi connectivity index (χ2v) is 5.78. The molecule has 0 aliphatic heterocycles. The van der Waals surface area contributed by atoms with Crippen molar-refractivity contribution in [2.75, 3.05) is 0 Å². The van der Waals surface area contributed by atoms with Gasteiger partial charge in [-0.15, -0.1) is 0 Å². The number of fused-ring (bicyclic) bond motifs is 1. The van der Waals surface area contributed by atoms with Crippen LogP contribution in [0.15, 0.2) is 46.9 Å². The van der Waals surface area contributed by atoms with Crippen molar-refractivity contribution in [2.24, 2.45) is 5.73 Å². The highest BCUT2D eigenvalue weighted by Gasteiger charge is 2.22. The highest BCUT2D eigenvalue weighted by Crippen LogP contribution is 2.36.